The van der Waals surface area contributed by atoms with Crippen molar-refractivity contribution in [2.45, 2.75) is 6.10 Å². The number of aliphatic hydroxyl groups is 1. The zero-order valence-electron chi connectivity index (χ0n) is 12.6. The first-order valence-electron chi connectivity index (χ1n) is 7.30. The number of hydrogen-bond donors (Lipinski definition) is 2. The van der Waals surface area contributed by atoms with Gasteiger partial charge >= 0.3 is 0 Å². The number of aliphatic hydroxyl groups excluding tert-OH is 1. The number of benzene rings is 1. The molecule has 3 aromatic rings. The Balaban J connectivity index is 1.50. The third kappa shape index (κ3) is 4.06. The van der Waals surface area contributed by atoms with Crippen molar-refractivity contribution in [2.75, 3.05) is 13.2 Å². The Bertz CT molecular complexity index is 852. The number of rotatable bonds is 6. The number of ether oxygens (including phenoxy) is 1. The van der Waals surface area contributed by atoms with Gasteiger partial charge in [0, 0.05) is 18.8 Å². The summed E-state index contributed by atoms with van der Waals surface area (Å²) >= 11 is 1.51. The number of amides is 1. The average molecular weight is 346 g/mol. The van der Waals surface area contributed by atoms with E-state index >= 15 is 0 Å². The van der Waals surface area contributed by atoms with Gasteiger partial charge in [-0.1, -0.05) is 6.07 Å². The topological polar surface area (TPSA) is 71.5 Å². The fraction of sp³-hybridized carbons (Fsp3) is 0.176. The first-order valence-corrected chi connectivity index (χ1v) is 8.17. The van der Waals surface area contributed by atoms with Gasteiger partial charge in [-0.05, 0) is 29.6 Å². The Hall–Kier alpha value is -2.51. The van der Waals surface area contributed by atoms with Crippen LogP contribution in [0.1, 0.15) is 10.4 Å². The Morgan fingerprint density at radius 2 is 2.25 bits per heavy atom. The van der Waals surface area contributed by atoms with E-state index in [1.165, 1.54) is 35.7 Å². The van der Waals surface area contributed by atoms with Gasteiger partial charge < -0.3 is 15.2 Å². The van der Waals surface area contributed by atoms with Crippen LogP contribution in [0.5, 0.6) is 5.75 Å². The highest BCUT2D eigenvalue weighted by Crippen LogP contribution is 2.19. The lowest BCUT2D eigenvalue weighted by Gasteiger charge is -2.13. The monoisotopic (exact) mass is 346 g/mol. The number of thiophene rings is 1. The number of carbonyl (C=O) groups is 1. The van der Waals surface area contributed by atoms with Gasteiger partial charge in [-0.2, -0.15) is 0 Å². The molecular weight excluding hydrogens is 331 g/mol. The lowest BCUT2D eigenvalue weighted by atomic mass is 10.2. The number of hydrogen-bond acceptors (Lipinski definition) is 5. The van der Waals surface area contributed by atoms with Gasteiger partial charge in [-0.3, -0.25) is 9.78 Å². The molecule has 2 heterocycles. The molecule has 24 heavy (non-hydrogen) atoms. The molecule has 1 aromatic carbocycles. The maximum atomic E-state index is 13.0. The summed E-state index contributed by atoms with van der Waals surface area (Å²) in [5.41, 5.74) is 1.28. The van der Waals surface area contributed by atoms with Crippen LogP contribution >= 0.6 is 11.3 Å². The van der Waals surface area contributed by atoms with Gasteiger partial charge in [0.05, 0.1) is 15.8 Å². The van der Waals surface area contributed by atoms with Crippen LogP contribution in [0.3, 0.4) is 0 Å². The Morgan fingerprint density at radius 1 is 1.38 bits per heavy atom. The molecule has 7 heteroatoms. The summed E-state index contributed by atoms with van der Waals surface area (Å²) in [4.78, 5) is 16.3. The van der Waals surface area contributed by atoms with Crippen LogP contribution in [-0.2, 0) is 0 Å². The van der Waals surface area contributed by atoms with Crippen LogP contribution in [0.15, 0.2) is 48.0 Å². The van der Waals surface area contributed by atoms with Crippen LogP contribution < -0.4 is 10.1 Å². The minimum absolute atomic E-state index is 0.0244. The van der Waals surface area contributed by atoms with E-state index in [1.54, 1.807) is 12.1 Å². The minimum atomic E-state index is -0.907. The smallest absolute Gasteiger partial charge is 0.252 e. The second kappa shape index (κ2) is 7.37. The van der Waals surface area contributed by atoms with Crippen molar-refractivity contribution in [3.05, 3.63) is 59.4 Å². The van der Waals surface area contributed by atoms with Crippen molar-refractivity contribution in [1.29, 1.82) is 0 Å². The number of fused-ring (bicyclic) bond motifs is 1. The highest BCUT2D eigenvalue weighted by Gasteiger charge is 2.11. The summed E-state index contributed by atoms with van der Waals surface area (Å²) < 4.78 is 19.2. The number of halogens is 1. The standard InChI is InChI=1S/C17H15FN2O3S/c18-12-2-1-3-14(7-12)23-10-13(21)9-20-17(22)11-6-16-15(19-8-11)4-5-24-16/h1-8,13,21H,9-10H2,(H,20,22)/t13-/m1/s1. The first kappa shape index (κ1) is 16.4. The SMILES string of the molecule is O=C(NC[C@@H](O)COc1cccc(F)c1)c1cnc2ccsc2c1. The van der Waals surface area contributed by atoms with Gasteiger partial charge in [-0.25, -0.2) is 4.39 Å². The summed E-state index contributed by atoms with van der Waals surface area (Å²) in [7, 11) is 0. The lowest BCUT2D eigenvalue weighted by Crippen LogP contribution is -2.35. The zero-order valence-corrected chi connectivity index (χ0v) is 13.4. The predicted molar refractivity (Wildman–Crippen MR) is 89.9 cm³/mol. The summed E-state index contributed by atoms with van der Waals surface area (Å²) in [6, 6.07) is 9.30. The van der Waals surface area contributed by atoms with Crippen LogP contribution in [0.4, 0.5) is 4.39 Å². The van der Waals surface area contributed by atoms with Gasteiger partial charge in [0.15, 0.2) is 0 Å². The van der Waals surface area contributed by atoms with E-state index in [9.17, 15) is 14.3 Å². The highest BCUT2D eigenvalue weighted by molar-refractivity contribution is 7.17. The zero-order chi connectivity index (χ0) is 16.9. The van der Waals surface area contributed by atoms with Crippen molar-refractivity contribution in [3.8, 4) is 5.75 Å². The molecule has 0 saturated carbocycles. The van der Waals surface area contributed by atoms with Gasteiger partial charge in [0.25, 0.3) is 5.91 Å². The van der Waals surface area contributed by atoms with Crippen LogP contribution in [0.25, 0.3) is 10.2 Å². The summed E-state index contributed by atoms with van der Waals surface area (Å²) in [6.45, 7) is -0.0252. The molecule has 0 fully saturated rings. The minimum Gasteiger partial charge on any atom is -0.491 e. The van der Waals surface area contributed by atoms with E-state index in [4.69, 9.17) is 4.74 Å². The number of nitrogens with zero attached hydrogens (tertiary/aromatic N) is 1. The Kier molecular flexibility index (Phi) is 5.02. The normalized spacial score (nSPS) is 12.1. The molecule has 124 valence electrons. The largest absolute Gasteiger partial charge is 0.491 e. The molecule has 5 nitrogen and oxygen atoms in total. The third-order valence-corrected chi connectivity index (χ3v) is 4.15. The molecule has 2 N–H and O–H groups in total. The molecule has 0 spiro atoms. The molecule has 0 bridgehead atoms. The maximum absolute atomic E-state index is 13.0. The first-order chi connectivity index (χ1) is 11.6. The second-order valence-corrected chi connectivity index (χ2v) is 6.11. The Labute approximate surface area is 141 Å². The van der Waals surface area contributed by atoms with Crippen molar-refractivity contribution in [2.24, 2.45) is 0 Å². The summed E-state index contributed by atoms with van der Waals surface area (Å²) in [5.74, 6) is -0.401. The molecular formula is C17H15FN2O3S. The number of aromatic nitrogens is 1. The van der Waals surface area contributed by atoms with Crippen LogP contribution in [0.2, 0.25) is 0 Å². The number of carbonyl (C=O) groups excluding carboxylic acids is 1. The molecule has 1 amide bonds. The molecule has 1 atom stereocenters. The molecule has 0 aliphatic rings. The molecule has 0 aliphatic carbocycles. The molecule has 0 radical (unpaired) electrons. The van der Waals surface area contributed by atoms with Crippen LogP contribution in [-0.4, -0.2) is 35.3 Å². The number of nitrogens with one attached hydrogen (secondary N) is 1. The maximum Gasteiger partial charge on any atom is 0.252 e. The van der Waals surface area contributed by atoms with Crippen molar-refractivity contribution in [1.82, 2.24) is 10.3 Å². The van der Waals surface area contributed by atoms with Crippen molar-refractivity contribution in [3.63, 3.8) is 0 Å². The van der Waals surface area contributed by atoms with E-state index in [0.717, 1.165) is 10.2 Å². The van der Waals surface area contributed by atoms with E-state index < -0.39 is 11.9 Å². The molecule has 2 aromatic heterocycles. The molecule has 3 rings (SSSR count). The number of pyridine rings is 1. The molecule has 0 aliphatic heterocycles. The fourth-order valence-electron chi connectivity index (χ4n) is 2.09. The average Bonchev–Trinajstić information content (AvgIpc) is 3.05. The predicted octanol–water partition coefficient (Wildman–Crippen LogP) is 2.61. The lowest BCUT2D eigenvalue weighted by molar-refractivity contribution is 0.0843. The highest BCUT2D eigenvalue weighted by atomic mass is 32.1. The quantitative estimate of drug-likeness (QED) is 0.720. The Morgan fingerprint density at radius 3 is 3.08 bits per heavy atom. The van der Waals surface area contributed by atoms with Crippen molar-refractivity contribution < 1.29 is 19.0 Å². The van der Waals surface area contributed by atoms with E-state index in [-0.39, 0.29) is 19.1 Å². The second-order valence-electron chi connectivity index (χ2n) is 5.16. The molecule has 0 unspecified atom stereocenters. The van der Waals surface area contributed by atoms with Gasteiger partial charge in [-0.15, -0.1) is 11.3 Å². The summed E-state index contributed by atoms with van der Waals surface area (Å²) in [6.07, 6.45) is 0.593. The van der Waals surface area contributed by atoms with Crippen molar-refractivity contribution >= 4 is 27.5 Å². The molecule has 0 saturated heterocycles. The van der Waals surface area contributed by atoms with Gasteiger partial charge in [0.2, 0.25) is 0 Å². The van der Waals surface area contributed by atoms with E-state index in [2.05, 4.69) is 10.3 Å². The third-order valence-electron chi connectivity index (χ3n) is 3.30. The van der Waals surface area contributed by atoms with Crippen LogP contribution in [0, 0.1) is 5.82 Å². The summed E-state index contributed by atoms with van der Waals surface area (Å²) in [5, 5.41) is 14.4. The van der Waals surface area contributed by atoms with E-state index in [1.807, 2.05) is 11.4 Å². The van der Waals surface area contributed by atoms with E-state index in [0.29, 0.717) is 11.3 Å². The fourth-order valence-corrected chi connectivity index (χ4v) is 2.87. The van der Waals surface area contributed by atoms with Gasteiger partial charge in [0.1, 0.15) is 24.3 Å².